The monoisotopic (exact) mass is 294 g/mol. The minimum atomic E-state index is 0.350. The van der Waals surface area contributed by atoms with Crippen molar-refractivity contribution in [1.29, 1.82) is 0 Å². The summed E-state index contributed by atoms with van der Waals surface area (Å²) in [5.74, 6) is 0. The molecule has 1 aromatic heterocycles. The number of hydrogen-bond acceptors (Lipinski definition) is 2. The van der Waals surface area contributed by atoms with Crippen LogP contribution in [0.1, 0.15) is 23.6 Å². The summed E-state index contributed by atoms with van der Waals surface area (Å²) in [6, 6.07) is 16.9. The maximum atomic E-state index is 6.08. The fraction of sp³-hybridized carbons (Fsp3) is 0.167. The van der Waals surface area contributed by atoms with Crippen LogP contribution in [0, 0.1) is 0 Å². The molecule has 21 heavy (non-hydrogen) atoms. The summed E-state index contributed by atoms with van der Waals surface area (Å²) >= 11 is 6.08. The molecule has 1 atom stereocenters. The van der Waals surface area contributed by atoms with Gasteiger partial charge in [-0.05, 0) is 60.4 Å². The zero-order valence-electron chi connectivity index (χ0n) is 11.5. The van der Waals surface area contributed by atoms with Crippen molar-refractivity contribution in [3.8, 4) is 0 Å². The second-order valence-corrected chi connectivity index (χ2v) is 5.89. The van der Waals surface area contributed by atoms with E-state index in [1.165, 1.54) is 16.5 Å². The molecule has 0 amide bonds. The molecular formula is C18H15ClN2. The van der Waals surface area contributed by atoms with Crippen LogP contribution in [0.25, 0.3) is 10.9 Å². The molecule has 1 aliphatic rings. The molecule has 2 nitrogen and oxygen atoms in total. The third kappa shape index (κ3) is 2.26. The van der Waals surface area contributed by atoms with Gasteiger partial charge in [0, 0.05) is 22.3 Å². The molecule has 0 aliphatic heterocycles. The van der Waals surface area contributed by atoms with Gasteiger partial charge in [-0.3, -0.25) is 4.98 Å². The van der Waals surface area contributed by atoms with E-state index < -0.39 is 0 Å². The number of benzene rings is 2. The standard InChI is InChI=1S/C18H15ClN2/c19-13-7-8-14-12(11-13)6-9-18(14)21-17-5-1-4-16-15(17)3-2-10-20-16/h1-5,7-8,10-11,18,21H,6,9H2. The highest BCUT2D eigenvalue weighted by Crippen LogP contribution is 2.36. The zero-order valence-corrected chi connectivity index (χ0v) is 12.3. The van der Waals surface area contributed by atoms with Gasteiger partial charge >= 0.3 is 0 Å². The lowest BCUT2D eigenvalue weighted by Gasteiger charge is -2.17. The molecule has 1 heterocycles. The van der Waals surface area contributed by atoms with Crippen LogP contribution < -0.4 is 5.32 Å². The second kappa shape index (κ2) is 5.05. The summed E-state index contributed by atoms with van der Waals surface area (Å²) < 4.78 is 0. The normalized spacial score (nSPS) is 16.9. The van der Waals surface area contributed by atoms with E-state index in [-0.39, 0.29) is 0 Å². The molecule has 1 unspecified atom stereocenters. The molecular weight excluding hydrogens is 280 g/mol. The Morgan fingerprint density at radius 1 is 1.10 bits per heavy atom. The maximum Gasteiger partial charge on any atom is 0.0722 e. The van der Waals surface area contributed by atoms with Crippen LogP contribution in [-0.2, 0) is 6.42 Å². The number of hydrogen-bond donors (Lipinski definition) is 1. The van der Waals surface area contributed by atoms with E-state index >= 15 is 0 Å². The predicted molar refractivity (Wildman–Crippen MR) is 87.9 cm³/mol. The van der Waals surface area contributed by atoms with E-state index in [4.69, 9.17) is 11.6 Å². The molecule has 104 valence electrons. The lowest BCUT2D eigenvalue weighted by molar-refractivity contribution is 0.763. The first kappa shape index (κ1) is 12.7. The summed E-state index contributed by atoms with van der Waals surface area (Å²) in [6.07, 6.45) is 4.02. The second-order valence-electron chi connectivity index (χ2n) is 5.45. The molecule has 0 saturated heterocycles. The van der Waals surface area contributed by atoms with Crippen LogP contribution >= 0.6 is 11.6 Å². The van der Waals surface area contributed by atoms with Gasteiger partial charge in [-0.25, -0.2) is 0 Å². The topological polar surface area (TPSA) is 24.9 Å². The molecule has 1 N–H and O–H groups in total. The number of anilines is 1. The van der Waals surface area contributed by atoms with Crippen molar-refractivity contribution in [2.24, 2.45) is 0 Å². The summed E-state index contributed by atoms with van der Waals surface area (Å²) in [7, 11) is 0. The largest absolute Gasteiger partial charge is 0.378 e. The minimum absolute atomic E-state index is 0.350. The minimum Gasteiger partial charge on any atom is -0.378 e. The summed E-state index contributed by atoms with van der Waals surface area (Å²) in [5.41, 5.74) is 4.89. The Kier molecular flexibility index (Phi) is 3.04. The Labute approximate surface area is 128 Å². The Balaban J connectivity index is 1.71. The van der Waals surface area contributed by atoms with E-state index in [1.807, 2.05) is 24.4 Å². The predicted octanol–water partition coefficient (Wildman–Crippen LogP) is 4.99. The highest BCUT2D eigenvalue weighted by Gasteiger charge is 2.22. The van der Waals surface area contributed by atoms with Gasteiger partial charge in [-0.1, -0.05) is 23.7 Å². The summed E-state index contributed by atoms with van der Waals surface area (Å²) in [4.78, 5) is 4.41. The first-order chi connectivity index (χ1) is 10.3. The van der Waals surface area contributed by atoms with Crippen LogP contribution in [0.2, 0.25) is 5.02 Å². The Hall–Kier alpha value is -2.06. The Morgan fingerprint density at radius 2 is 2.05 bits per heavy atom. The number of nitrogens with zero attached hydrogens (tertiary/aromatic N) is 1. The van der Waals surface area contributed by atoms with Crippen molar-refractivity contribution >= 4 is 28.2 Å². The van der Waals surface area contributed by atoms with E-state index in [2.05, 4.69) is 40.6 Å². The molecule has 1 aliphatic carbocycles. The number of aromatic nitrogens is 1. The highest BCUT2D eigenvalue weighted by atomic mass is 35.5. The quantitative estimate of drug-likeness (QED) is 0.720. The van der Waals surface area contributed by atoms with Crippen molar-refractivity contribution < 1.29 is 0 Å². The van der Waals surface area contributed by atoms with Gasteiger partial charge in [0.2, 0.25) is 0 Å². The van der Waals surface area contributed by atoms with E-state index in [1.54, 1.807) is 0 Å². The fourth-order valence-electron chi connectivity index (χ4n) is 3.15. The molecule has 0 saturated carbocycles. The molecule has 3 heteroatoms. The lowest BCUT2D eigenvalue weighted by atomic mass is 10.1. The highest BCUT2D eigenvalue weighted by molar-refractivity contribution is 6.30. The first-order valence-electron chi connectivity index (χ1n) is 7.20. The molecule has 0 fully saturated rings. The van der Waals surface area contributed by atoms with Gasteiger partial charge in [0.25, 0.3) is 0 Å². The van der Waals surface area contributed by atoms with Gasteiger partial charge in [-0.15, -0.1) is 0 Å². The van der Waals surface area contributed by atoms with Crippen LogP contribution in [0.4, 0.5) is 5.69 Å². The van der Waals surface area contributed by atoms with E-state index in [0.717, 1.165) is 29.1 Å². The number of aryl methyl sites for hydroxylation is 1. The van der Waals surface area contributed by atoms with Crippen molar-refractivity contribution in [3.63, 3.8) is 0 Å². The third-order valence-electron chi connectivity index (χ3n) is 4.16. The number of nitrogens with one attached hydrogen (secondary N) is 1. The van der Waals surface area contributed by atoms with Gasteiger partial charge in [0.1, 0.15) is 0 Å². The molecule has 0 spiro atoms. The smallest absolute Gasteiger partial charge is 0.0722 e. The molecule has 4 rings (SSSR count). The molecule has 0 bridgehead atoms. The number of fused-ring (bicyclic) bond motifs is 2. The van der Waals surface area contributed by atoms with Gasteiger partial charge < -0.3 is 5.32 Å². The van der Waals surface area contributed by atoms with Crippen LogP contribution in [0.15, 0.2) is 54.7 Å². The maximum absolute atomic E-state index is 6.08. The average Bonchev–Trinajstić information content (AvgIpc) is 2.90. The third-order valence-corrected chi connectivity index (χ3v) is 4.39. The van der Waals surface area contributed by atoms with E-state index in [9.17, 15) is 0 Å². The lowest BCUT2D eigenvalue weighted by Crippen LogP contribution is -2.07. The molecule has 3 aromatic rings. The summed E-state index contributed by atoms with van der Waals surface area (Å²) in [6.45, 7) is 0. The van der Waals surface area contributed by atoms with Gasteiger partial charge in [0.05, 0.1) is 11.6 Å². The first-order valence-corrected chi connectivity index (χ1v) is 7.58. The fourth-order valence-corrected chi connectivity index (χ4v) is 3.35. The van der Waals surface area contributed by atoms with Gasteiger partial charge in [-0.2, -0.15) is 0 Å². The van der Waals surface area contributed by atoms with E-state index in [0.29, 0.717) is 6.04 Å². The van der Waals surface area contributed by atoms with Crippen molar-refractivity contribution in [1.82, 2.24) is 4.98 Å². The van der Waals surface area contributed by atoms with Crippen LogP contribution in [-0.4, -0.2) is 4.98 Å². The Morgan fingerprint density at radius 3 is 3.00 bits per heavy atom. The van der Waals surface area contributed by atoms with Crippen molar-refractivity contribution in [2.75, 3.05) is 5.32 Å². The zero-order chi connectivity index (χ0) is 14.2. The number of halogens is 1. The Bertz CT molecular complexity index is 808. The number of rotatable bonds is 2. The summed E-state index contributed by atoms with van der Waals surface area (Å²) in [5, 5.41) is 5.67. The average molecular weight is 295 g/mol. The van der Waals surface area contributed by atoms with Crippen molar-refractivity contribution in [2.45, 2.75) is 18.9 Å². The molecule has 2 aromatic carbocycles. The number of pyridine rings is 1. The van der Waals surface area contributed by atoms with Crippen LogP contribution in [0.3, 0.4) is 0 Å². The SMILES string of the molecule is Clc1ccc2c(c1)CCC2Nc1cccc2ncccc12. The molecule has 0 radical (unpaired) electrons. The van der Waals surface area contributed by atoms with Crippen LogP contribution in [0.5, 0.6) is 0 Å². The van der Waals surface area contributed by atoms with Gasteiger partial charge in [0.15, 0.2) is 0 Å². The van der Waals surface area contributed by atoms with Crippen molar-refractivity contribution in [3.05, 3.63) is 70.9 Å².